The number of imidazole rings is 1. The lowest BCUT2D eigenvalue weighted by atomic mass is 10.2. The van der Waals surface area contributed by atoms with Crippen molar-refractivity contribution in [1.82, 2.24) is 19.2 Å². The Morgan fingerprint density at radius 1 is 1.31 bits per heavy atom. The highest BCUT2D eigenvalue weighted by Crippen LogP contribution is 2.19. The van der Waals surface area contributed by atoms with E-state index in [9.17, 15) is 9.59 Å². The fourth-order valence-corrected chi connectivity index (χ4v) is 3.74. The molecule has 3 heterocycles. The quantitative estimate of drug-likeness (QED) is 0.494. The molecule has 29 heavy (non-hydrogen) atoms. The summed E-state index contributed by atoms with van der Waals surface area (Å²) in [4.78, 5) is 29.7. The molecule has 0 unspecified atom stereocenters. The van der Waals surface area contributed by atoms with Crippen molar-refractivity contribution in [2.45, 2.75) is 20.3 Å². The van der Waals surface area contributed by atoms with E-state index in [1.54, 1.807) is 30.7 Å². The molecule has 3 aromatic heterocycles. The van der Waals surface area contributed by atoms with Crippen LogP contribution in [0.5, 0.6) is 0 Å². The van der Waals surface area contributed by atoms with Gasteiger partial charge in [-0.25, -0.2) is 14.5 Å². The molecule has 0 aliphatic carbocycles. The molecule has 0 bridgehead atoms. The predicted octanol–water partition coefficient (Wildman–Crippen LogP) is 3.25. The summed E-state index contributed by atoms with van der Waals surface area (Å²) < 4.78 is 8.59. The number of thiazole rings is 1. The number of fused-ring (bicyclic) bond motifs is 1. The third-order valence-corrected chi connectivity index (χ3v) is 5.14. The molecule has 4 rings (SSSR count). The van der Waals surface area contributed by atoms with Gasteiger partial charge in [0.05, 0.1) is 36.3 Å². The Balaban J connectivity index is 1.49. The van der Waals surface area contributed by atoms with Crippen molar-refractivity contribution in [2.75, 3.05) is 11.9 Å². The molecule has 0 fully saturated rings. The molecule has 8 nitrogen and oxygen atoms in total. The van der Waals surface area contributed by atoms with Crippen molar-refractivity contribution in [2.24, 2.45) is 0 Å². The number of hydrogen-bond donors (Lipinski definition) is 1. The average Bonchev–Trinajstić information content (AvgIpc) is 3.37. The van der Waals surface area contributed by atoms with Gasteiger partial charge in [0.15, 0.2) is 4.96 Å². The maximum Gasteiger partial charge on any atom is 0.341 e. The monoisotopic (exact) mass is 409 g/mol. The van der Waals surface area contributed by atoms with Gasteiger partial charge >= 0.3 is 5.97 Å². The zero-order valence-electron chi connectivity index (χ0n) is 16.0. The Morgan fingerprint density at radius 2 is 2.17 bits per heavy atom. The SMILES string of the molecule is CCOC(=O)c1cnn(-c2cccc(NC(=O)Cc3cn4ccsc4n3)c2)c1C. The number of nitrogens with zero attached hydrogens (tertiary/aromatic N) is 4. The van der Waals surface area contributed by atoms with Crippen LogP contribution in [0.1, 0.15) is 28.7 Å². The van der Waals surface area contributed by atoms with Crippen LogP contribution < -0.4 is 5.32 Å². The summed E-state index contributed by atoms with van der Waals surface area (Å²) in [5.41, 5.74) is 3.18. The third kappa shape index (κ3) is 3.90. The fourth-order valence-electron chi connectivity index (χ4n) is 3.03. The van der Waals surface area contributed by atoms with Crippen LogP contribution in [0.4, 0.5) is 5.69 Å². The van der Waals surface area contributed by atoms with E-state index in [0.29, 0.717) is 29.2 Å². The molecular formula is C20H19N5O3S. The van der Waals surface area contributed by atoms with E-state index in [2.05, 4.69) is 15.4 Å². The highest BCUT2D eigenvalue weighted by Gasteiger charge is 2.16. The largest absolute Gasteiger partial charge is 0.462 e. The number of ether oxygens (including phenoxy) is 1. The zero-order chi connectivity index (χ0) is 20.4. The molecule has 1 aromatic carbocycles. The molecule has 0 aliphatic heterocycles. The van der Waals surface area contributed by atoms with E-state index in [-0.39, 0.29) is 12.3 Å². The first-order valence-corrected chi connectivity index (χ1v) is 9.96. The van der Waals surface area contributed by atoms with Crippen LogP contribution in [0.3, 0.4) is 0 Å². The topological polar surface area (TPSA) is 90.5 Å². The summed E-state index contributed by atoms with van der Waals surface area (Å²) in [6.45, 7) is 3.87. The number of benzene rings is 1. The number of rotatable bonds is 6. The van der Waals surface area contributed by atoms with Crippen molar-refractivity contribution in [1.29, 1.82) is 0 Å². The Hall–Kier alpha value is -3.46. The van der Waals surface area contributed by atoms with Gasteiger partial charge in [-0.2, -0.15) is 5.10 Å². The number of esters is 1. The second-order valence-corrected chi connectivity index (χ2v) is 7.25. The highest BCUT2D eigenvalue weighted by molar-refractivity contribution is 7.15. The normalized spacial score (nSPS) is 11.0. The van der Waals surface area contributed by atoms with Gasteiger partial charge in [-0.05, 0) is 32.0 Å². The van der Waals surface area contributed by atoms with Crippen LogP contribution in [0.15, 0.2) is 48.2 Å². The number of hydrogen-bond acceptors (Lipinski definition) is 6. The molecular weight excluding hydrogens is 390 g/mol. The Kier molecular flexibility index (Phi) is 5.13. The lowest BCUT2D eigenvalue weighted by Gasteiger charge is -2.09. The molecule has 0 saturated heterocycles. The number of anilines is 1. The summed E-state index contributed by atoms with van der Waals surface area (Å²) >= 11 is 1.52. The van der Waals surface area contributed by atoms with Crippen LogP contribution in [-0.2, 0) is 16.0 Å². The van der Waals surface area contributed by atoms with Crippen molar-refractivity contribution in [3.63, 3.8) is 0 Å². The Labute approximate surface area is 170 Å². The van der Waals surface area contributed by atoms with Crippen molar-refractivity contribution < 1.29 is 14.3 Å². The molecule has 1 N–H and O–H groups in total. The first-order valence-electron chi connectivity index (χ1n) is 9.08. The molecule has 1 amide bonds. The zero-order valence-corrected chi connectivity index (χ0v) is 16.8. The number of amides is 1. The summed E-state index contributed by atoms with van der Waals surface area (Å²) in [6, 6.07) is 7.29. The molecule has 0 aliphatic rings. The van der Waals surface area contributed by atoms with Crippen LogP contribution in [0.2, 0.25) is 0 Å². The molecule has 0 atom stereocenters. The molecule has 4 aromatic rings. The third-order valence-electron chi connectivity index (χ3n) is 4.36. The smallest absolute Gasteiger partial charge is 0.341 e. The standard InChI is InChI=1S/C20H19N5O3S/c1-3-28-19(27)17-11-21-25(13(17)2)16-6-4-5-14(9-16)22-18(26)10-15-12-24-7-8-29-20(24)23-15/h4-9,11-12H,3,10H2,1-2H3,(H,22,26). The average molecular weight is 409 g/mol. The maximum atomic E-state index is 12.4. The molecule has 0 radical (unpaired) electrons. The van der Waals surface area contributed by atoms with Crippen molar-refractivity contribution in [3.8, 4) is 5.69 Å². The summed E-state index contributed by atoms with van der Waals surface area (Å²) in [6.07, 6.45) is 5.44. The van der Waals surface area contributed by atoms with E-state index in [4.69, 9.17) is 4.74 Å². The van der Waals surface area contributed by atoms with Gasteiger partial charge in [0.1, 0.15) is 5.56 Å². The van der Waals surface area contributed by atoms with E-state index in [0.717, 1.165) is 10.6 Å². The van der Waals surface area contributed by atoms with Crippen LogP contribution in [0, 0.1) is 6.92 Å². The molecule has 148 valence electrons. The fraction of sp³-hybridized carbons (Fsp3) is 0.200. The van der Waals surface area contributed by atoms with E-state index in [1.807, 2.05) is 34.3 Å². The van der Waals surface area contributed by atoms with Gasteiger partial charge in [0.2, 0.25) is 5.91 Å². The van der Waals surface area contributed by atoms with Crippen molar-refractivity contribution in [3.05, 3.63) is 65.2 Å². The predicted molar refractivity (Wildman–Crippen MR) is 110 cm³/mol. The van der Waals surface area contributed by atoms with Gasteiger partial charge in [-0.15, -0.1) is 11.3 Å². The first kappa shape index (κ1) is 18.9. The second kappa shape index (κ2) is 7.88. The minimum atomic E-state index is -0.402. The van der Waals surface area contributed by atoms with E-state index in [1.165, 1.54) is 17.5 Å². The lowest BCUT2D eigenvalue weighted by molar-refractivity contribution is -0.115. The summed E-state index contributed by atoms with van der Waals surface area (Å²) in [5.74, 6) is -0.557. The van der Waals surface area contributed by atoms with E-state index < -0.39 is 5.97 Å². The highest BCUT2D eigenvalue weighted by atomic mass is 32.1. The Morgan fingerprint density at radius 3 is 2.97 bits per heavy atom. The number of aromatic nitrogens is 4. The van der Waals surface area contributed by atoms with Crippen LogP contribution >= 0.6 is 11.3 Å². The number of carbonyl (C=O) groups excluding carboxylic acids is 2. The second-order valence-electron chi connectivity index (χ2n) is 6.38. The number of nitrogens with one attached hydrogen (secondary N) is 1. The minimum absolute atomic E-state index is 0.155. The number of carbonyl (C=O) groups is 2. The summed E-state index contributed by atoms with van der Waals surface area (Å²) in [5, 5.41) is 9.12. The minimum Gasteiger partial charge on any atom is -0.462 e. The van der Waals surface area contributed by atoms with Gasteiger partial charge in [-0.3, -0.25) is 9.20 Å². The summed E-state index contributed by atoms with van der Waals surface area (Å²) in [7, 11) is 0. The van der Waals surface area contributed by atoms with E-state index >= 15 is 0 Å². The van der Waals surface area contributed by atoms with Gasteiger partial charge in [0, 0.05) is 23.5 Å². The van der Waals surface area contributed by atoms with Gasteiger partial charge in [0.25, 0.3) is 0 Å². The van der Waals surface area contributed by atoms with Crippen LogP contribution in [0.25, 0.3) is 10.6 Å². The molecule has 0 saturated carbocycles. The lowest BCUT2D eigenvalue weighted by Crippen LogP contribution is -2.15. The molecule has 9 heteroatoms. The Bertz CT molecular complexity index is 1160. The molecule has 0 spiro atoms. The van der Waals surface area contributed by atoms with Gasteiger partial charge in [-0.1, -0.05) is 6.07 Å². The van der Waals surface area contributed by atoms with Crippen molar-refractivity contribution >= 4 is 33.9 Å². The first-order chi connectivity index (χ1) is 14.0. The van der Waals surface area contributed by atoms with Crippen LogP contribution in [-0.4, -0.2) is 37.6 Å². The maximum absolute atomic E-state index is 12.4. The van der Waals surface area contributed by atoms with Gasteiger partial charge < -0.3 is 10.1 Å².